The third kappa shape index (κ3) is 4.74. The number of carbonyl (C=O) groups is 2. The van der Waals surface area contributed by atoms with E-state index < -0.39 is 12.0 Å². The topological polar surface area (TPSA) is 51.5 Å². The lowest BCUT2D eigenvalue weighted by molar-refractivity contribution is -0.145. The van der Waals surface area contributed by atoms with Crippen LogP contribution in [0.1, 0.15) is 27.0 Å². The van der Waals surface area contributed by atoms with Crippen molar-refractivity contribution in [3.05, 3.63) is 89.2 Å². The van der Waals surface area contributed by atoms with Crippen molar-refractivity contribution in [2.24, 2.45) is 0 Å². The van der Waals surface area contributed by atoms with Gasteiger partial charge in [-0.2, -0.15) is 0 Å². The van der Waals surface area contributed by atoms with E-state index in [9.17, 15) is 9.59 Å². The van der Waals surface area contributed by atoms with E-state index in [-0.39, 0.29) is 5.91 Å². The number of ether oxygens (including phenoxy) is 1. The summed E-state index contributed by atoms with van der Waals surface area (Å²) in [5.41, 5.74) is 4.58. The Morgan fingerprint density at radius 3 is 2.14 bits per heavy atom. The minimum Gasteiger partial charge on any atom is -0.467 e. The van der Waals surface area contributed by atoms with Gasteiger partial charge in [-0.15, -0.1) is 0 Å². The fourth-order valence-corrected chi connectivity index (χ4v) is 3.49. The van der Waals surface area contributed by atoms with E-state index in [4.69, 9.17) is 4.74 Å². The molecular formula is C24H26N2O3. The number of aryl methyl sites for hydroxylation is 2. The highest BCUT2D eigenvalue weighted by Crippen LogP contribution is 2.17. The lowest BCUT2D eigenvalue weighted by Crippen LogP contribution is -2.44. The van der Waals surface area contributed by atoms with Crippen LogP contribution < -0.4 is 0 Å². The van der Waals surface area contributed by atoms with Crippen molar-refractivity contribution in [1.29, 1.82) is 0 Å². The van der Waals surface area contributed by atoms with Gasteiger partial charge in [-0.3, -0.25) is 4.79 Å². The van der Waals surface area contributed by atoms with E-state index >= 15 is 0 Å². The highest BCUT2D eigenvalue weighted by atomic mass is 16.5. The second-order valence-corrected chi connectivity index (χ2v) is 7.29. The number of carbonyl (C=O) groups excluding carboxylic acids is 2. The average Bonchev–Trinajstić information content (AvgIpc) is 3.25. The summed E-state index contributed by atoms with van der Waals surface area (Å²) < 4.78 is 7.00. The van der Waals surface area contributed by atoms with Crippen LogP contribution >= 0.6 is 0 Å². The largest absolute Gasteiger partial charge is 0.467 e. The minimum atomic E-state index is -0.703. The molecule has 5 heteroatoms. The van der Waals surface area contributed by atoms with Crippen LogP contribution in [-0.2, 0) is 16.0 Å². The van der Waals surface area contributed by atoms with Crippen molar-refractivity contribution in [2.45, 2.75) is 26.3 Å². The second kappa shape index (κ2) is 8.78. The number of hydrogen-bond donors (Lipinski definition) is 0. The van der Waals surface area contributed by atoms with Gasteiger partial charge in [-0.1, -0.05) is 29.3 Å². The molecule has 5 nitrogen and oxygen atoms in total. The SMILES string of the molecule is COC(=O)[C@H](Cc1ccc(-n2cccc2)cc1)N(C)C(=O)c1cc(C)cc(C)c1. The summed E-state index contributed by atoms with van der Waals surface area (Å²) in [4.78, 5) is 27.0. The van der Waals surface area contributed by atoms with Crippen LogP contribution in [0.25, 0.3) is 5.69 Å². The predicted octanol–water partition coefficient (Wildman–Crippen LogP) is 3.95. The summed E-state index contributed by atoms with van der Waals surface area (Å²) in [6, 6.07) is 16.9. The third-order valence-electron chi connectivity index (χ3n) is 5.00. The standard InChI is InChI=1S/C24H26N2O3/c1-17-13-18(2)15-20(14-17)23(27)25(3)22(24(28)29-4)16-19-7-9-21(10-8-19)26-11-5-6-12-26/h5-15,22H,16H2,1-4H3/t22-/m0/s1. The fraction of sp³-hybridized carbons (Fsp3) is 0.250. The van der Waals surface area contributed by atoms with Crippen molar-refractivity contribution in [3.63, 3.8) is 0 Å². The summed E-state index contributed by atoms with van der Waals surface area (Å²) in [6.45, 7) is 3.90. The van der Waals surface area contributed by atoms with Crippen LogP contribution in [0.4, 0.5) is 0 Å². The predicted molar refractivity (Wildman–Crippen MR) is 113 cm³/mol. The highest BCUT2D eigenvalue weighted by molar-refractivity contribution is 5.97. The first-order chi connectivity index (χ1) is 13.9. The van der Waals surface area contributed by atoms with E-state index in [1.165, 1.54) is 12.0 Å². The first-order valence-electron chi connectivity index (χ1n) is 9.54. The molecule has 0 saturated carbocycles. The zero-order valence-corrected chi connectivity index (χ0v) is 17.3. The van der Waals surface area contributed by atoms with Crippen LogP contribution in [0.15, 0.2) is 67.0 Å². The Bertz CT molecular complexity index is 971. The zero-order valence-electron chi connectivity index (χ0n) is 17.3. The van der Waals surface area contributed by atoms with E-state index in [1.807, 2.05) is 85.4 Å². The summed E-state index contributed by atoms with van der Waals surface area (Å²) in [6.07, 6.45) is 4.33. The molecule has 0 bridgehead atoms. The minimum absolute atomic E-state index is 0.198. The molecule has 1 atom stereocenters. The van der Waals surface area contributed by atoms with Gasteiger partial charge >= 0.3 is 5.97 Å². The van der Waals surface area contributed by atoms with Gasteiger partial charge in [0.2, 0.25) is 0 Å². The Labute approximate surface area is 171 Å². The van der Waals surface area contributed by atoms with Crippen molar-refractivity contribution in [1.82, 2.24) is 9.47 Å². The molecule has 0 aliphatic heterocycles. The normalized spacial score (nSPS) is 11.7. The van der Waals surface area contributed by atoms with Gasteiger partial charge in [-0.25, -0.2) is 4.79 Å². The number of esters is 1. The number of methoxy groups -OCH3 is 1. The molecule has 150 valence electrons. The molecule has 0 spiro atoms. The van der Waals surface area contributed by atoms with Crippen molar-refractivity contribution >= 4 is 11.9 Å². The summed E-state index contributed by atoms with van der Waals surface area (Å²) in [5, 5.41) is 0. The third-order valence-corrected chi connectivity index (χ3v) is 5.00. The van der Waals surface area contributed by atoms with Gasteiger partial charge in [0.15, 0.2) is 0 Å². The van der Waals surface area contributed by atoms with Gasteiger partial charge < -0.3 is 14.2 Å². The Morgan fingerprint density at radius 1 is 1.00 bits per heavy atom. The number of rotatable bonds is 6. The molecule has 1 amide bonds. The van der Waals surface area contributed by atoms with Crippen LogP contribution in [0.3, 0.4) is 0 Å². The quantitative estimate of drug-likeness (QED) is 0.599. The van der Waals surface area contributed by atoms with E-state index in [2.05, 4.69) is 0 Å². The molecule has 0 saturated heterocycles. The molecule has 0 aliphatic rings. The van der Waals surface area contributed by atoms with Crippen LogP contribution in [0.2, 0.25) is 0 Å². The summed E-state index contributed by atoms with van der Waals surface area (Å²) in [7, 11) is 3.00. The highest BCUT2D eigenvalue weighted by Gasteiger charge is 2.29. The molecule has 2 aromatic carbocycles. The Kier molecular flexibility index (Phi) is 6.17. The van der Waals surface area contributed by atoms with Crippen molar-refractivity contribution < 1.29 is 14.3 Å². The maximum absolute atomic E-state index is 13.0. The summed E-state index contributed by atoms with van der Waals surface area (Å²) >= 11 is 0. The first-order valence-corrected chi connectivity index (χ1v) is 9.54. The Balaban J connectivity index is 1.82. The summed E-state index contributed by atoms with van der Waals surface area (Å²) in [5.74, 6) is -0.629. The molecule has 1 heterocycles. The number of benzene rings is 2. The van der Waals surface area contributed by atoms with Gasteiger partial charge in [0.05, 0.1) is 7.11 Å². The number of likely N-dealkylation sites (N-methyl/N-ethyl adjacent to an activating group) is 1. The Hall–Kier alpha value is -3.34. The molecule has 3 aromatic rings. The maximum atomic E-state index is 13.0. The Morgan fingerprint density at radius 2 is 1.59 bits per heavy atom. The fourth-order valence-electron chi connectivity index (χ4n) is 3.49. The maximum Gasteiger partial charge on any atom is 0.328 e. The number of hydrogen-bond acceptors (Lipinski definition) is 3. The van der Waals surface area contributed by atoms with Gasteiger partial charge in [-0.05, 0) is 55.8 Å². The van der Waals surface area contributed by atoms with E-state index in [1.54, 1.807) is 7.05 Å². The number of aromatic nitrogens is 1. The monoisotopic (exact) mass is 390 g/mol. The lowest BCUT2D eigenvalue weighted by atomic mass is 10.0. The number of nitrogens with zero attached hydrogens (tertiary/aromatic N) is 2. The van der Waals surface area contributed by atoms with Gasteiger partial charge in [0, 0.05) is 37.1 Å². The molecule has 0 N–H and O–H groups in total. The smallest absolute Gasteiger partial charge is 0.328 e. The average molecular weight is 390 g/mol. The lowest BCUT2D eigenvalue weighted by Gasteiger charge is -2.26. The van der Waals surface area contributed by atoms with Crippen molar-refractivity contribution in [3.8, 4) is 5.69 Å². The molecule has 0 aliphatic carbocycles. The molecule has 0 unspecified atom stereocenters. The van der Waals surface area contributed by atoms with Crippen molar-refractivity contribution in [2.75, 3.05) is 14.2 Å². The van der Waals surface area contributed by atoms with E-state index in [0.29, 0.717) is 12.0 Å². The van der Waals surface area contributed by atoms with Crippen LogP contribution in [0, 0.1) is 13.8 Å². The van der Waals surface area contributed by atoms with E-state index in [0.717, 1.165) is 22.4 Å². The molecule has 0 fully saturated rings. The number of amides is 1. The van der Waals surface area contributed by atoms with Crippen LogP contribution in [-0.4, -0.2) is 41.5 Å². The van der Waals surface area contributed by atoms with Gasteiger partial charge in [0.25, 0.3) is 5.91 Å². The molecule has 3 rings (SSSR count). The second-order valence-electron chi connectivity index (χ2n) is 7.29. The zero-order chi connectivity index (χ0) is 21.0. The first kappa shape index (κ1) is 20.4. The molecule has 29 heavy (non-hydrogen) atoms. The molecular weight excluding hydrogens is 364 g/mol. The molecule has 0 radical (unpaired) electrons. The van der Waals surface area contributed by atoms with Crippen LogP contribution in [0.5, 0.6) is 0 Å². The van der Waals surface area contributed by atoms with Gasteiger partial charge in [0.1, 0.15) is 6.04 Å². The molecule has 1 aromatic heterocycles.